The largest absolute Gasteiger partial charge is 0.394 e. The molecule has 6 nitrogen and oxygen atoms in total. The summed E-state index contributed by atoms with van der Waals surface area (Å²) in [6.07, 6.45) is -0.501. The maximum Gasteiger partial charge on any atom is 0.217 e. The number of carbonyl (C=O) groups is 1. The van der Waals surface area contributed by atoms with Crippen LogP contribution >= 0.6 is 0 Å². The van der Waals surface area contributed by atoms with Crippen molar-refractivity contribution >= 4 is 5.91 Å². The summed E-state index contributed by atoms with van der Waals surface area (Å²) in [6, 6.07) is -0.118. The summed E-state index contributed by atoms with van der Waals surface area (Å²) in [5.74, 6) is 0.276. The van der Waals surface area contributed by atoms with E-state index in [1.54, 1.807) is 7.11 Å². The molecule has 1 aliphatic rings. The van der Waals surface area contributed by atoms with Gasteiger partial charge in [-0.15, -0.1) is 0 Å². The van der Waals surface area contributed by atoms with Gasteiger partial charge in [0.25, 0.3) is 0 Å². The summed E-state index contributed by atoms with van der Waals surface area (Å²) >= 11 is 0. The normalized spacial score (nSPS) is 35.1. The molecule has 1 heterocycles. The van der Waals surface area contributed by atoms with E-state index in [0.29, 0.717) is 6.61 Å². The smallest absolute Gasteiger partial charge is 0.217 e. The van der Waals surface area contributed by atoms with Crippen molar-refractivity contribution in [1.82, 2.24) is 5.32 Å². The van der Waals surface area contributed by atoms with Gasteiger partial charge in [-0.3, -0.25) is 4.79 Å². The first-order valence-corrected chi connectivity index (χ1v) is 6.61. The van der Waals surface area contributed by atoms with E-state index >= 15 is 0 Å². The van der Waals surface area contributed by atoms with Crippen LogP contribution in [0.25, 0.3) is 0 Å². The fraction of sp³-hybridized carbons (Fsp3) is 0.923. The van der Waals surface area contributed by atoms with Gasteiger partial charge in [-0.25, -0.2) is 0 Å². The molecule has 1 aliphatic heterocycles. The minimum Gasteiger partial charge on any atom is -0.394 e. The van der Waals surface area contributed by atoms with Crippen LogP contribution in [0.2, 0.25) is 0 Å². The van der Waals surface area contributed by atoms with E-state index in [1.807, 2.05) is 6.92 Å². The van der Waals surface area contributed by atoms with E-state index in [0.717, 1.165) is 0 Å². The van der Waals surface area contributed by atoms with E-state index in [2.05, 4.69) is 12.2 Å². The third-order valence-corrected chi connectivity index (χ3v) is 3.77. The molecule has 1 saturated heterocycles. The second kappa shape index (κ2) is 7.79. The lowest BCUT2D eigenvalue weighted by molar-refractivity contribution is -0.170. The van der Waals surface area contributed by atoms with Crippen molar-refractivity contribution in [2.45, 2.75) is 39.0 Å². The highest BCUT2D eigenvalue weighted by atomic mass is 16.7. The van der Waals surface area contributed by atoms with Crippen LogP contribution in [0.1, 0.15) is 20.8 Å². The highest BCUT2D eigenvalue weighted by Crippen LogP contribution is 2.30. The average molecular weight is 275 g/mol. The van der Waals surface area contributed by atoms with Crippen molar-refractivity contribution in [3.05, 3.63) is 0 Å². The molecule has 0 aromatic rings. The number of carbonyl (C=O) groups excluding carboxylic acids is 1. The van der Waals surface area contributed by atoms with Crippen LogP contribution in [0.4, 0.5) is 0 Å². The molecule has 0 saturated carbocycles. The molecule has 0 aromatic carbocycles. The molecule has 0 radical (unpaired) electrons. The van der Waals surface area contributed by atoms with Crippen molar-refractivity contribution in [3.8, 4) is 0 Å². The quantitative estimate of drug-likeness (QED) is 0.533. The van der Waals surface area contributed by atoms with Gasteiger partial charge in [0.15, 0.2) is 0 Å². The summed E-state index contributed by atoms with van der Waals surface area (Å²) in [5.41, 5.74) is 0. The molecule has 6 heteroatoms. The number of rotatable bonds is 6. The van der Waals surface area contributed by atoms with Crippen LogP contribution in [0.15, 0.2) is 0 Å². The summed E-state index contributed by atoms with van der Waals surface area (Å²) in [7, 11) is 1.55. The Labute approximate surface area is 114 Å². The standard InChI is InChI=1S/C13H25NO5/c1-8-9(2)13(14-10(3)16)12(6-18-7-17-4)19-11(8)5-15/h8-9,11-13,15H,5-7H2,1-4H3,(H,14,16)/t8-,9+,11-,12+,13+/m1/s1. The van der Waals surface area contributed by atoms with Crippen LogP contribution in [-0.4, -0.2) is 56.4 Å². The Hall–Kier alpha value is -0.690. The van der Waals surface area contributed by atoms with E-state index in [1.165, 1.54) is 6.92 Å². The fourth-order valence-corrected chi connectivity index (χ4v) is 2.50. The van der Waals surface area contributed by atoms with Crippen LogP contribution in [0.5, 0.6) is 0 Å². The SMILES string of the molecule is COCOC[C@@H]1O[C@H](CO)[C@H](C)[C@H](C)[C@@H]1NC(C)=O. The first-order chi connectivity index (χ1) is 9.01. The Balaban J connectivity index is 2.71. The van der Waals surface area contributed by atoms with Gasteiger partial charge >= 0.3 is 0 Å². The molecule has 0 unspecified atom stereocenters. The monoisotopic (exact) mass is 275 g/mol. The highest BCUT2D eigenvalue weighted by Gasteiger charge is 2.41. The highest BCUT2D eigenvalue weighted by molar-refractivity contribution is 5.73. The summed E-state index contributed by atoms with van der Waals surface area (Å²) in [5, 5.41) is 12.3. The first kappa shape index (κ1) is 16.4. The summed E-state index contributed by atoms with van der Waals surface area (Å²) in [6.45, 7) is 6.04. The van der Waals surface area contributed by atoms with E-state index in [-0.39, 0.29) is 49.4 Å². The number of ether oxygens (including phenoxy) is 3. The molecule has 112 valence electrons. The Morgan fingerprint density at radius 3 is 2.53 bits per heavy atom. The zero-order chi connectivity index (χ0) is 14.4. The molecule has 0 spiro atoms. The molecule has 1 fully saturated rings. The van der Waals surface area contributed by atoms with E-state index in [4.69, 9.17) is 14.2 Å². The van der Waals surface area contributed by atoms with Crippen molar-refractivity contribution in [2.24, 2.45) is 11.8 Å². The minimum absolute atomic E-state index is 0.0287. The Bertz CT molecular complexity index is 286. The van der Waals surface area contributed by atoms with Crippen molar-refractivity contribution in [3.63, 3.8) is 0 Å². The maximum atomic E-state index is 11.3. The number of hydrogen-bond donors (Lipinski definition) is 2. The predicted molar refractivity (Wildman–Crippen MR) is 69.5 cm³/mol. The van der Waals surface area contributed by atoms with E-state index < -0.39 is 0 Å². The van der Waals surface area contributed by atoms with Gasteiger partial charge in [0.2, 0.25) is 5.91 Å². The van der Waals surface area contributed by atoms with Crippen LogP contribution in [0.3, 0.4) is 0 Å². The Kier molecular flexibility index (Phi) is 6.71. The number of aliphatic hydroxyl groups excluding tert-OH is 1. The van der Waals surface area contributed by atoms with Crippen LogP contribution < -0.4 is 5.32 Å². The molecule has 1 rings (SSSR count). The third kappa shape index (κ3) is 4.42. The summed E-state index contributed by atoms with van der Waals surface area (Å²) < 4.78 is 16.0. The van der Waals surface area contributed by atoms with Gasteiger partial charge in [-0.05, 0) is 11.8 Å². The lowest BCUT2D eigenvalue weighted by Crippen LogP contribution is -2.58. The van der Waals surface area contributed by atoms with Crippen LogP contribution in [-0.2, 0) is 19.0 Å². The zero-order valence-corrected chi connectivity index (χ0v) is 12.1. The Morgan fingerprint density at radius 2 is 2.00 bits per heavy atom. The van der Waals surface area contributed by atoms with E-state index in [9.17, 15) is 9.90 Å². The lowest BCUT2D eigenvalue weighted by Gasteiger charge is -2.44. The van der Waals surface area contributed by atoms with Gasteiger partial charge in [-0.2, -0.15) is 0 Å². The molecule has 0 aliphatic carbocycles. The first-order valence-electron chi connectivity index (χ1n) is 6.61. The number of hydrogen-bond acceptors (Lipinski definition) is 5. The lowest BCUT2D eigenvalue weighted by atomic mass is 9.80. The minimum atomic E-state index is -0.276. The van der Waals surface area contributed by atoms with Crippen molar-refractivity contribution < 1.29 is 24.1 Å². The molecule has 19 heavy (non-hydrogen) atoms. The van der Waals surface area contributed by atoms with Crippen LogP contribution in [0, 0.1) is 11.8 Å². The van der Waals surface area contributed by atoms with Gasteiger partial charge in [0, 0.05) is 14.0 Å². The third-order valence-electron chi connectivity index (χ3n) is 3.77. The van der Waals surface area contributed by atoms with Crippen molar-refractivity contribution in [1.29, 1.82) is 0 Å². The number of nitrogens with one attached hydrogen (secondary N) is 1. The fourth-order valence-electron chi connectivity index (χ4n) is 2.50. The van der Waals surface area contributed by atoms with Gasteiger partial charge in [-0.1, -0.05) is 13.8 Å². The number of aliphatic hydroxyl groups is 1. The molecule has 1 amide bonds. The predicted octanol–water partition coefficient (Wildman–Crippen LogP) is 0.144. The Morgan fingerprint density at radius 1 is 1.32 bits per heavy atom. The molecular weight excluding hydrogens is 250 g/mol. The van der Waals surface area contributed by atoms with Gasteiger partial charge in [0.05, 0.1) is 25.4 Å². The maximum absolute atomic E-state index is 11.3. The second-order valence-corrected chi connectivity index (χ2v) is 5.12. The molecule has 0 aromatic heterocycles. The molecule has 0 bridgehead atoms. The number of methoxy groups -OCH3 is 1. The summed E-state index contributed by atoms with van der Waals surface area (Å²) in [4.78, 5) is 11.3. The van der Waals surface area contributed by atoms with Gasteiger partial charge in [0.1, 0.15) is 12.9 Å². The zero-order valence-electron chi connectivity index (χ0n) is 12.1. The molecule has 5 atom stereocenters. The number of amides is 1. The molecule has 2 N–H and O–H groups in total. The van der Waals surface area contributed by atoms with Crippen molar-refractivity contribution in [2.75, 3.05) is 27.1 Å². The topological polar surface area (TPSA) is 77.0 Å². The molecular formula is C13H25NO5. The average Bonchev–Trinajstić information content (AvgIpc) is 2.37. The van der Waals surface area contributed by atoms with Gasteiger partial charge < -0.3 is 24.6 Å². The second-order valence-electron chi connectivity index (χ2n) is 5.12.